The number of carbonyl (C=O) groups excluding carboxylic acids is 1. The molecule has 1 nitrogen and oxygen atoms in total. The monoisotopic (exact) mass is 242 g/mol. The number of hydrogen-bond donors (Lipinski definition) is 0. The van der Waals surface area contributed by atoms with Gasteiger partial charge >= 0.3 is 0 Å². The summed E-state index contributed by atoms with van der Waals surface area (Å²) in [6, 6.07) is 6.53. The second kappa shape index (κ2) is 5.57. The van der Waals surface area contributed by atoms with Crippen molar-refractivity contribution >= 4 is 28.6 Å². The van der Waals surface area contributed by atoms with Crippen LogP contribution < -0.4 is 0 Å². The minimum Gasteiger partial charge on any atom is -0.281 e. The first-order chi connectivity index (χ1) is 7.02. The zero-order valence-corrected chi connectivity index (χ0v) is 10.8. The molecule has 1 aliphatic rings. The molecule has 82 valence electrons. The molecule has 0 aliphatic carbocycles. The highest BCUT2D eigenvalue weighted by molar-refractivity contribution is 7.98. The number of halogens is 1. The first kappa shape index (κ1) is 12.6. The van der Waals surface area contributed by atoms with E-state index in [1.807, 2.05) is 11.8 Å². The molecule has 1 heterocycles. The van der Waals surface area contributed by atoms with Crippen molar-refractivity contribution in [3.05, 3.63) is 29.3 Å². The molecule has 0 saturated carbocycles. The van der Waals surface area contributed by atoms with Gasteiger partial charge in [0.2, 0.25) is 5.24 Å². The molecule has 1 aromatic carbocycles. The van der Waals surface area contributed by atoms with E-state index in [9.17, 15) is 4.79 Å². The molecule has 1 aromatic rings. The number of benzene rings is 1. The average Bonchev–Trinajstić information content (AvgIpc) is 2.42. The van der Waals surface area contributed by atoms with Crippen molar-refractivity contribution in [2.24, 2.45) is 5.92 Å². The summed E-state index contributed by atoms with van der Waals surface area (Å²) < 4.78 is 0. The summed E-state index contributed by atoms with van der Waals surface area (Å²) in [5, 5.41) is -0.269. The lowest BCUT2D eigenvalue weighted by Crippen LogP contribution is -1.95. The Morgan fingerprint density at radius 2 is 2.07 bits per heavy atom. The Hall–Kier alpha value is -0.470. The Morgan fingerprint density at radius 3 is 2.47 bits per heavy atom. The largest absolute Gasteiger partial charge is 0.281 e. The van der Waals surface area contributed by atoms with Gasteiger partial charge in [0, 0.05) is 16.6 Å². The smallest absolute Gasteiger partial charge is 0.224 e. The Morgan fingerprint density at radius 1 is 1.47 bits per heavy atom. The maximum Gasteiger partial charge on any atom is 0.224 e. The molecule has 0 amide bonds. The highest BCUT2D eigenvalue weighted by atomic mass is 35.5. The lowest BCUT2D eigenvalue weighted by Gasteiger charge is -1.92. The Labute approximate surface area is 100 Å². The van der Waals surface area contributed by atoms with Gasteiger partial charge in [0.15, 0.2) is 0 Å². The Kier molecular flexibility index (Phi) is 4.68. The van der Waals surface area contributed by atoms with Gasteiger partial charge in [-0.3, -0.25) is 4.79 Å². The minimum absolute atomic E-state index is 0.0216. The number of rotatable bonds is 1. The molecule has 0 aromatic heterocycles. The van der Waals surface area contributed by atoms with E-state index in [1.54, 1.807) is 13.8 Å². The minimum atomic E-state index is -0.269. The molecule has 0 radical (unpaired) electrons. The lowest BCUT2D eigenvalue weighted by molar-refractivity contribution is -0.114. The molecule has 0 atom stereocenters. The van der Waals surface area contributed by atoms with Crippen molar-refractivity contribution in [3.63, 3.8) is 0 Å². The lowest BCUT2D eigenvalue weighted by atomic mass is 10.1. The van der Waals surface area contributed by atoms with Crippen molar-refractivity contribution < 1.29 is 4.79 Å². The van der Waals surface area contributed by atoms with E-state index in [2.05, 4.69) is 25.1 Å². The van der Waals surface area contributed by atoms with Gasteiger partial charge in [0.1, 0.15) is 0 Å². The summed E-state index contributed by atoms with van der Waals surface area (Å²) in [7, 11) is 0. The summed E-state index contributed by atoms with van der Waals surface area (Å²) >= 11 is 6.92. The van der Waals surface area contributed by atoms with Gasteiger partial charge in [-0.15, -0.1) is 11.8 Å². The molecule has 3 heteroatoms. The quantitative estimate of drug-likeness (QED) is 0.693. The summed E-state index contributed by atoms with van der Waals surface area (Å²) in [5.74, 6) is 1.17. The number of fused-ring (bicyclic) bond motifs is 2. The van der Waals surface area contributed by atoms with Crippen LogP contribution in [0.1, 0.15) is 25.0 Å². The van der Waals surface area contributed by atoms with Crippen LogP contribution in [0.5, 0.6) is 0 Å². The standard InChI is InChI=1S/C8H8S.C4H7ClO/c1-6-7-3-2-4-8(6)9-5-7;1-3(2)4(5)6/h2-4H,5H2,1H3;3H,1-2H3. The predicted octanol–water partition coefficient (Wildman–Crippen LogP) is 4.01. The fourth-order valence-corrected chi connectivity index (χ4v) is 2.27. The zero-order chi connectivity index (χ0) is 11.4. The van der Waals surface area contributed by atoms with E-state index in [4.69, 9.17) is 11.6 Å². The molecule has 0 fully saturated rings. The third-order valence-electron chi connectivity index (χ3n) is 2.23. The zero-order valence-electron chi connectivity index (χ0n) is 9.21. The Balaban J connectivity index is 0.000000167. The van der Waals surface area contributed by atoms with Crippen molar-refractivity contribution in [2.75, 3.05) is 0 Å². The van der Waals surface area contributed by atoms with Gasteiger partial charge in [0.05, 0.1) is 0 Å². The van der Waals surface area contributed by atoms with Crippen LogP contribution in [0, 0.1) is 12.8 Å². The maximum absolute atomic E-state index is 9.91. The van der Waals surface area contributed by atoms with Gasteiger partial charge < -0.3 is 0 Å². The topological polar surface area (TPSA) is 17.1 Å². The first-order valence-electron chi connectivity index (χ1n) is 4.93. The summed E-state index contributed by atoms with van der Waals surface area (Å²) in [6.45, 7) is 5.72. The molecule has 15 heavy (non-hydrogen) atoms. The molecule has 1 aliphatic heterocycles. The molecule has 2 rings (SSSR count). The van der Waals surface area contributed by atoms with Crippen molar-refractivity contribution in [3.8, 4) is 0 Å². The number of hydrogen-bond acceptors (Lipinski definition) is 2. The summed E-state index contributed by atoms with van der Waals surface area (Å²) in [5.41, 5.74) is 3.00. The molecule has 0 N–H and O–H groups in total. The molecular formula is C12H15ClOS. The summed E-state index contributed by atoms with van der Waals surface area (Å²) in [6.07, 6.45) is 0. The first-order valence-corrected chi connectivity index (χ1v) is 6.29. The average molecular weight is 243 g/mol. The van der Waals surface area contributed by atoms with Crippen LogP contribution in [0.2, 0.25) is 0 Å². The molecule has 2 bridgehead atoms. The van der Waals surface area contributed by atoms with Crippen molar-refractivity contribution in [1.29, 1.82) is 0 Å². The van der Waals surface area contributed by atoms with Crippen LogP contribution in [0.15, 0.2) is 23.1 Å². The van der Waals surface area contributed by atoms with Gasteiger partial charge in [0.25, 0.3) is 0 Å². The molecule has 0 saturated heterocycles. The van der Waals surface area contributed by atoms with Crippen molar-refractivity contribution in [2.45, 2.75) is 31.4 Å². The van der Waals surface area contributed by atoms with E-state index in [-0.39, 0.29) is 11.2 Å². The number of carbonyl (C=O) groups is 1. The van der Waals surface area contributed by atoms with Gasteiger partial charge in [-0.25, -0.2) is 0 Å². The van der Waals surface area contributed by atoms with E-state index in [0.29, 0.717) is 0 Å². The van der Waals surface area contributed by atoms with Gasteiger partial charge in [-0.1, -0.05) is 26.0 Å². The third-order valence-corrected chi connectivity index (χ3v) is 3.88. The normalized spacial score (nSPS) is 12.3. The molecule has 0 spiro atoms. The van der Waals surface area contributed by atoms with Crippen LogP contribution >= 0.6 is 23.4 Å². The van der Waals surface area contributed by atoms with E-state index in [0.717, 1.165) is 0 Å². The van der Waals surface area contributed by atoms with Crippen LogP contribution in [0.4, 0.5) is 0 Å². The van der Waals surface area contributed by atoms with Crippen LogP contribution in [-0.4, -0.2) is 5.24 Å². The van der Waals surface area contributed by atoms with Crippen molar-refractivity contribution in [1.82, 2.24) is 0 Å². The highest BCUT2D eigenvalue weighted by Gasteiger charge is 2.10. The van der Waals surface area contributed by atoms with Crippen LogP contribution in [0.25, 0.3) is 0 Å². The Bertz CT molecular complexity index is 338. The van der Waals surface area contributed by atoms with Crippen LogP contribution in [0.3, 0.4) is 0 Å². The molecule has 0 unspecified atom stereocenters. The SMILES string of the molecule is CC(C)C(=O)Cl.Cc1c2cccc1SC2. The molecular weight excluding hydrogens is 228 g/mol. The second-order valence-corrected chi connectivity index (χ2v) is 5.18. The second-order valence-electron chi connectivity index (χ2n) is 3.79. The van der Waals surface area contributed by atoms with Gasteiger partial charge in [-0.2, -0.15) is 0 Å². The predicted molar refractivity (Wildman–Crippen MR) is 66.4 cm³/mol. The van der Waals surface area contributed by atoms with Gasteiger partial charge in [-0.05, 0) is 35.7 Å². The number of thioether (sulfide) groups is 1. The fourth-order valence-electron chi connectivity index (χ4n) is 1.13. The van der Waals surface area contributed by atoms with E-state index in [1.165, 1.54) is 21.8 Å². The van der Waals surface area contributed by atoms with E-state index < -0.39 is 0 Å². The highest BCUT2D eigenvalue weighted by Crippen LogP contribution is 2.35. The van der Waals surface area contributed by atoms with Crippen LogP contribution in [-0.2, 0) is 10.5 Å². The fraction of sp³-hybridized carbons (Fsp3) is 0.417. The summed E-state index contributed by atoms with van der Waals surface area (Å²) in [4.78, 5) is 11.4. The van der Waals surface area contributed by atoms with E-state index >= 15 is 0 Å². The third kappa shape index (κ3) is 3.54. The maximum atomic E-state index is 9.91.